The molecule has 0 aromatic carbocycles. The molecule has 2 aromatic rings. The number of carbonyl (C=O) groups excluding carboxylic acids is 1. The van der Waals surface area contributed by atoms with Crippen molar-refractivity contribution in [1.29, 1.82) is 0 Å². The maximum Gasteiger partial charge on any atom is 0.250 e. The minimum Gasteiger partial charge on any atom is -0.369 e. The SMILES string of the molecule is CN(C)C1CCC2(C1)Nc1c(cnc3[nH]ccc13)NC2=O. The van der Waals surface area contributed by atoms with Crippen LogP contribution in [0.1, 0.15) is 19.3 Å². The molecular formula is C15H19N5O. The molecule has 3 N–H and O–H groups in total. The van der Waals surface area contributed by atoms with Gasteiger partial charge < -0.3 is 20.5 Å². The first-order chi connectivity index (χ1) is 10.1. The van der Waals surface area contributed by atoms with Gasteiger partial charge >= 0.3 is 0 Å². The van der Waals surface area contributed by atoms with E-state index < -0.39 is 5.54 Å². The lowest BCUT2D eigenvalue weighted by Gasteiger charge is -2.36. The summed E-state index contributed by atoms with van der Waals surface area (Å²) in [7, 11) is 4.15. The predicted octanol–water partition coefficient (Wildman–Crippen LogP) is 1.78. The average Bonchev–Trinajstić information content (AvgIpc) is 3.08. The molecule has 21 heavy (non-hydrogen) atoms. The molecule has 6 heteroatoms. The van der Waals surface area contributed by atoms with Gasteiger partial charge in [-0.25, -0.2) is 4.98 Å². The van der Waals surface area contributed by atoms with E-state index in [2.05, 4.69) is 39.6 Å². The number of carbonyl (C=O) groups is 1. The summed E-state index contributed by atoms with van der Waals surface area (Å²) in [5, 5.41) is 7.60. The number of fused-ring (bicyclic) bond motifs is 3. The van der Waals surface area contributed by atoms with Crippen LogP contribution in [0.3, 0.4) is 0 Å². The molecule has 1 aliphatic carbocycles. The number of rotatable bonds is 1. The van der Waals surface area contributed by atoms with Crippen LogP contribution >= 0.6 is 0 Å². The van der Waals surface area contributed by atoms with Gasteiger partial charge in [0.05, 0.1) is 17.6 Å². The fourth-order valence-corrected chi connectivity index (χ4v) is 3.56. The third-order valence-corrected chi connectivity index (χ3v) is 4.85. The van der Waals surface area contributed by atoms with Gasteiger partial charge in [-0.2, -0.15) is 0 Å². The predicted molar refractivity (Wildman–Crippen MR) is 82.4 cm³/mol. The zero-order chi connectivity index (χ0) is 14.6. The van der Waals surface area contributed by atoms with Crippen LogP contribution in [0.2, 0.25) is 0 Å². The number of aromatic nitrogens is 2. The lowest BCUT2D eigenvalue weighted by Crippen LogP contribution is -2.51. The highest BCUT2D eigenvalue weighted by Crippen LogP contribution is 2.43. The van der Waals surface area contributed by atoms with Gasteiger partial charge in [-0.1, -0.05) is 0 Å². The fraction of sp³-hybridized carbons (Fsp3) is 0.467. The van der Waals surface area contributed by atoms with Crippen molar-refractivity contribution in [2.75, 3.05) is 24.7 Å². The van der Waals surface area contributed by atoms with Gasteiger partial charge in [-0.05, 0) is 39.4 Å². The summed E-state index contributed by atoms with van der Waals surface area (Å²) in [6, 6.07) is 2.44. The number of amides is 1. The second-order valence-electron chi connectivity index (χ2n) is 6.31. The highest BCUT2D eigenvalue weighted by Gasteiger charge is 2.48. The second kappa shape index (κ2) is 4.21. The van der Waals surface area contributed by atoms with Crippen molar-refractivity contribution in [2.24, 2.45) is 0 Å². The number of pyridine rings is 1. The minimum atomic E-state index is -0.493. The Hall–Kier alpha value is -2.08. The molecule has 0 saturated heterocycles. The van der Waals surface area contributed by atoms with Gasteiger partial charge in [0.25, 0.3) is 0 Å². The molecule has 6 nitrogen and oxygen atoms in total. The van der Waals surface area contributed by atoms with Gasteiger partial charge in [-0.15, -0.1) is 0 Å². The summed E-state index contributed by atoms with van der Waals surface area (Å²) >= 11 is 0. The van der Waals surface area contributed by atoms with E-state index in [4.69, 9.17) is 0 Å². The summed E-state index contributed by atoms with van der Waals surface area (Å²) in [5.74, 6) is 0.0658. The Balaban J connectivity index is 1.77. The Morgan fingerprint density at radius 2 is 2.29 bits per heavy atom. The molecule has 1 fully saturated rings. The lowest BCUT2D eigenvalue weighted by atomic mass is 9.92. The molecule has 2 atom stereocenters. The van der Waals surface area contributed by atoms with E-state index in [0.717, 1.165) is 41.7 Å². The van der Waals surface area contributed by atoms with Gasteiger partial charge in [0.2, 0.25) is 5.91 Å². The van der Waals surface area contributed by atoms with Crippen LogP contribution in [-0.4, -0.2) is 46.5 Å². The Labute approximate surface area is 122 Å². The van der Waals surface area contributed by atoms with Crippen molar-refractivity contribution >= 4 is 28.3 Å². The quantitative estimate of drug-likeness (QED) is 0.747. The van der Waals surface area contributed by atoms with E-state index in [0.29, 0.717) is 6.04 Å². The second-order valence-corrected chi connectivity index (χ2v) is 6.31. The molecule has 1 aliphatic heterocycles. The van der Waals surface area contributed by atoms with Crippen molar-refractivity contribution in [2.45, 2.75) is 30.8 Å². The molecular weight excluding hydrogens is 266 g/mol. The smallest absolute Gasteiger partial charge is 0.250 e. The maximum absolute atomic E-state index is 12.6. The summed E-state index contributed by atoms with van der Waals surface area (Å²) in [4.78, 5) is 22.2. The van der Waals surface area contributed by atoms with Crippen molar-refractivity contribution in [3.8, 4) is 0 Å². The number of nitrogens with zero attached hydrogens (tertiary/aromatic N) is 2. The molecule has 2 aromatic heterocycles. The molecule has 2 aliphatic rings. The first-order valence-electron chi connectivity index (χ1n) is 7.31. The summed E-state index contributed by atoms with van der Waals surface area (Å²) in [6.07, 6.45) is 6.31. The number of anilines is 2. The number of aromatic amines is 1. The lowest BCUT2D eigenvalue weighted by molar-refractivity contribution is -0.120. The van der Waals surface area contributed by atoms with E-state index in [9.17, 15) is 4.79 Å². The minimum absolute atomic E-state index is 0.0658. The standard InChI is InChI=1S/C15H19N5O/c1-20(2)9-3-5-15(7-9)14(21)18-11-8-17-13-10(4-6-16-13)12(11)19-15/h4,6,8-9,19H,3,5,7H2,1-2H3,(H,16,17)(H,18,21). The van der Waals surface area contributed by atoms with Crippen LogP contribution in [0, 0.1) is 0 Å². The van der Waals surface area contributed by atoms with Crippen LogP contribution in [0.25, 0.3) is 11.0 Å². The van der Waals surface area contributed by atoms with Gasteiger partial charge in [0.1, 0.15) is 11.2 Å². The van der Waals surface area contributed by atoms with Crippen molar-refractivity contribution in [3.63, 3.8) is 0 Å². The van der Waals surface area contributed by atoms with Crippen LogP contribution in [0.15, 0.2) is 18.5 Å². The number of hydrogen-bond acceptors (Lipinski definition) is 4. The normalized spacial score (nSPS) is 28.0. The van der Waals surface area contributed by atoms with Gasteiger partial charge in [-0.3, -0.25) is 4.79 Å². The van der Waals surface area contributed by atoms with Gasteiger partial charge in [0.15, 0.2) is 0 Å². The topological polar surface area (TPSA) is 73.1 Å². The third kappa shape index (κ3) is 1.75. The molecule has 0 bridgehead atoms. The van der Waals surface area contributed by atoms with Crippen molar-refractivity contribution < 1.29 is 4.79 Å². The largest absolute Gasteiger partial charge is 0.369 e. The van der Waals surface area contributed by atoms with E-state index in [1.807, 2.05) is 12.3 Å². The first kappa shape index (κ1) is 12.6. The number of nitrogens with one attached hydrogen (secondary N) is 3. The van der Waals surface area contributed by atoms with E-state index in [1.165, 1.54) is 0 Å². The Bertz CT molecular complexity index is 722. The van der Waals surface area contributed by atoms with Crippen LogP contribution in [0.4, 0.5) is 11.4 Å². The monoisotopic (exact) mass is 285 g/mol. The molecule has 1 spiro atoms. The fourth-order valence-electron chi connectivity index (χ4n) is 3.56. The third-order valence-electron chi connectivity index (χ3n) is 4.85. The Kier molecular flexibility index (Phi) is 2.53. The number of hydrogen-bond donors (Lipinski definition) is 3. The molecule has 1 saturated carbocycles. The van der Waals surface area contributed by atoms with E-state index in [-0.39, 0.29) is 5.91 Å². The van der Waals surface area contributed by atoms with Crippen molar-refractivity contribution in [3.05, 3.63) is 18.5 Å². The highest BCUT2D eigenvalue weighted by atomic mass is 16.2. The maximum atomic E-state index is 12.6. The van der Waals surface area contributed by atoms with E-state index in [1.54, 1.807) is 6.20 Å². The average molecular weight is 285 g/mol. The summed E-state index contributed by atoms with van der Waals surface area (Å²) < 4.78 is 0. The van der Waals surface area contributed by atoms with Crippen LogP contribution in [0.5, 0.6) is 0 Å². The highest BCUT2D eigenvalue weighted by molar-refractivity contribution is 6.11. The molecule has 110 valence electrons. The Morgan fingerprint density at radius 1 is 1.43 bits per heavy atom. The van der Waals surface area contributed by atoms with Crippen LogP contribution < -0.4 is 10.6 Å². The van der Waals surface area contributed by atoms with Crippen molar-refractivity contribution in [1.82, 2.24) is 14.9 Å². The summed E-state index contributed by atoms with van der Waals surface area (Å²) in [6.45, 7) is 0. The Morgan fingerprint density at radius 3 is 3.05 bits per heavy atom. The van der Waals surface area contributed by atoms with E-state index >= 15 is 0 Å². The molecule has 3 heterocycles. The molecule has 0 radical (unpaired) electrons. The summed E-state index contributed by atoms with van der Waals surface area (Å²) in [5.41, 5.74) is 2.11. The zero-order valence-corrected chi connectivity index (χ0v) is 12.2. The van der Waals surface area contributed by atoms with Crippen LogP contribution in [-0.2, 0) is 4.79 Å². The number of H-pyrrole nitrogens is 1. The van der Waals surface area contributed by atoms with Gasteiger partial charge in [0, 0.05) is 17.6 Å². The zero-order valence-electron chi connectivity index (χ0n) is 12.2. The first-order valence-corrected chi connectivity index (χ1v) is 7.31. The molecule has 2 unspecified atom stereocenters. The molecule has 1 amide bonds. The molecule has 4 rings (SSSR count).